The topological polar surface area (TPSA) is 67.5 Å². The van der Waals surface area contributed by atoms with Crippen LogP contribution in [-0.2, 0) is 0 Å². The molecule has 5 nitrogen and oxygen atoms in total. The van der Waals surface area contributed by atoms with Crippen LogP contribution in [0.1, 0.15) is 16.2 Å². The summed E-state index contributed by atoms with van der Waals surface area (Å²) in [6.07, 6.45) is 1.64. The third-order valence-electron chi connectivity index (χ3n) is 1.73. The number of hydrogen-bond acceptors (Lipinski definition) is 3. The molecule has 1 N–H and O–H groups in total. The lowest BCUT2D eigenvalue weighted by Gasteiger charge is -1.97. The van der Waals surface area contributed by atoms with Gasteiger partial charge in [0.2, 0.25) is 0 Å². The molecule has 0 amide bonds. The smallest absolute Gasteiger partial charge is 0.357 e. The molecule has 0 bridgehead atoms. The maximum atomic E-state index is 10.7. The van der Waals surface area contributed by atoms with E-state index >= 15 is 0 Å². The molecule has 0 aliphatic heterocycles. The van der Waals surface area contributed by atoms with Crippen molar-refractivity contribution in [3.8, 4) is 0 Å². The molecule has 0 saturated heterocycles. The summed E-state index contributed by atoms with van der Waals surface area (Å²) in [6, 6.07) is 1.48. The molecule has 0 aliphatic rings. The molecule has 0 unspecified atom stereocenters. The molecule has 2 heterocycles. The van der Waals surface area contributed by atoms with Gasteiger partial charge in [0.25, 0.3) is 0 Å². The molecule has 0 atom stereocenters. The first kappa shape index (κ1) is 8.96. The third-order valence-corrected chi connectivity index (χ3v) is 2.02. The van der Waals surface area contributed by atoms with Crippen LogP contribution in [0.4, 0.5) is 0 Å². The number of rotatable bonds is 1. The van der Waals surface area contributed by atoms with Crippen molar-refractivity contribution in [1.82, 2.24) is 14.6 Å². The first-order valence-corrected chi connectivity index (χ1v) is 4.21. The Bertz CT molecular complexity index is 521. The first-order valence-electron chi connectivity index (χ1n) is 3.84. The molecule has 0 saturated carbocycles. The van der Waals surface area contributed by atoms with Crippen LogP contribution in [0.2, 0.25) is 5.02 Å². The fourth-order valence-corrected chi connectivity index (χ4v) is 1.38. The number of nitrogens with zero attached hydrogens (tertiary/aromatic N) is 3. The van der Waals surface area contributed by atoms with Gasteiger partial charge in [-0.1, -0.05) is 11.6 Å². The summed E-state index contributed by atoms with van der Waals surface area (Å²) in [5.41, 5.74) is 1.13. The maximum absolute atomic E-state index is 10.7. The highest BCUT2D eigenvalue weighted by atomic mass is 35.5. The Hall–Kier alpha value is -1.62. The van der Waals surface area contributed by atoms with Crippen LogP contribution in [0.15, 0.2) is 12.3 Å². The zero-order valence-electron chi connectivity index (χ0n) is 7.23. The van der Waals surface area contributed by atoms with Crippen molar-refractivity contribution >= 4 is 23.2 Å². The molecule has 2 aromatic heterocycles. The molecule has 0 aromatic carbocycles. The lowest BCUT2D eigenvalue weighted by Crippen LogP contribution is -2.05. The van der Waals surface area contributed by atoms with E-state index in [2.05, 4.69) is 10.1 Å². The number of aryl methyl sites for hydroxylation is 1. The number of imidazole rings is 1. The van der Waals surface area contributed by atoms with Crippen LogP contribution in [0.25, 0.3) is 5.65 Å². The SMILES string of the molecule is Cc1cn2nc(C(=O)O)c(Cl)cc2n1. The number of hydrogen-bond donors (Lipinski definition) is 1. The molecule has 0 radical (unpaired) electrons. The highest BCUT2D eigenvalue weighted by Crippen LogP contribution is 2.15. The maximum Gasteiger partial charge on any atom is 0.357 e. The van der Waals surface area contributed by atoms with Crippen LogP contribution in [-0.4, -0.2) is 25.7 Å². The van der Waals surface area contributed by atoms with Crippen molar-refractivity contribution in [3.05, 3.63) is 28.7 Å². The Morgan fingerprint density at radius 1 is 1.64 bits per heavy atom. The Morgan fingerprint density at radius 3 is 3.00 bits per heavy atom. The largest absolute Gasteiger partial charge is 0.476 e. The molecule has 14 heavy (non-hydrogen) atoms. The number of aromatic nitrogens is 3. The molecular formula is C8H6ClN3O2. The average Bonchev–Trinajstić information content (AvgIpc) is 2.42. The molecular weight excluding hydrogens is 206 g/mol. The van der Waals surface area contributed by atoms with Crippen LogP contribution in [0.3, 0.4) is 0 Å². The van der Waals surface area contributed by atoms with Crippen molar-refractivity contribution in [2.75, 3.05) is 0 Å². The highest BCUT2D eigenvalue weighted by molar-refractivity contribution is 6.33. The van der Waals surface area contributed by atoms with E-state index in [1.165, 1.54) is 10.6 Å². The van der Waals surface area contributed by atoms with Crippen molar-refractivity contribution in [2.24, 2.45) is 0 Å². The quantitative estimate of drug-likeness (QED) is 0.774. The van der Waals surface area contributed by atoms with Gasteiger partial charge in [-0.15, -0.1) is 0 Å². The van der Waals surface area contributed by atoms with Gasteiger partial charge in [0.15, 0.2) is 11.3 Å². The summed E-state index contributed by atoms with van der Waals surface area (Å²) in [7, 11) is 0. The van der Waals surface area contributed by atoms with Gasteiger partial charge >= 0.3 is 5.97 Å². The molecule has 72 valence electrons. The summed E-state index contributed by atoms with van der Waals surface area (Å²) in [4.78, 5) is 14.8. The average molecular weight is 212 g/mol. The minimum absolute atomic E-state index is 0.0931. The Morgan fingerprint density at radius 2 is 2.36 bits per heavy atom. The number of carbonyl (C=O) groups is 1. The van der Waals surface area contributed by atoms with Crippen molar-refractivity contribution in [3.63, 3.8) is 0 Å². The van der Waals surface area contributed by atoms with Crippen LogP contribution in [0.5, 0.6) is 0 Å². The number of carboxylic acid groups (broad SMARTS) is 1. The van der Waals surface area contributed by atoms with Gasteiger partial charge < -0.3 is 5.11 Å². The van der Waals surface area contributed by atoms with E-state index in [1.54, 1.807) is 13.1 Å². The summed E-state index contributed by atoms with van der Waals surface area (Å²) in [5.74, 6) is -1.15. The van der Waals surface area contributed by atoms with E-state index in [9.17, 15) is 4.79 Å². The van der Waals surface area contributed by atoms with Gasteiger partial charge in [-0.3, -0.25) is 0 Å². The van der Waals surface area contributed by atoms with E-state index in [0.29, 0.717) is 5.65 Å². The number of carboxylic acids is 1. The van der Waals surface area contributed by atoms with Gasteiger partial charge in [-0.05, 0) is 6.92 Å². The number of fused-ring (bicyclic) bond motifs is 1. The summed E-state index contributed by atoms with van der Waals surface area (Å²) < 4.78 is 1.39. The summed E-state index contributed by atoms with van der Waals surface area (Å²) in [5, 5.41) is 12.7. The fraction of sp³-hybridized carbons (Fsp3) is 0.125. The highest BCUT2D eigenvalue weighted by Gasteiger charge is 2.12. The standard InChI is InChI=1S/C8H6ClN3O2/c1-4-3-12-6(10-4)2-5(9)7(11-12)8(13)14/h2-3H,1H3,(H,13,14). The van der Waals surface area contributed by atoms with Crippen molar-refractivity contribution in [1.29, 1.82) is 0 Å². The summed E-state index contributed by atoms with van der Waals surface area (Å²) >= 11 is 5.71. The Labute approximate surface area is 83.9 Å². The van der Waals surface area contributed by atoms with Crippen LogP contribution in [0, 0.1) is 6.92 Å². The van der Waals surface area contributed by atoms with Gasteiger partial charge in [0.05, 0.1) is 16.9 Å². The van der Waals surface area contributed by atoms with Gasteiger partial charge in [0, 0.05) is 6.07 Å². The zero-order valence-corrected chi connectivity index (χ0v) is 7.99. The van der Waals surface area contributed by atoms with Gasteiger partial charge in [-0.2, -0.15) is 5.10 Å². The summed E-state index contributed by atoms with van der Waals surface area (Å²) in [6.45, 7) is 1.79. The Balaban J connectivity index is 2.76. The minimum Gasteiger partial charge on any atom is -0.476 e. The van der Waals surface area contributed by atoms with Crippen molar-refractivity contribution < 1.29 is 9.90 Å². The molecule has 0 spiro atoms. The first-order chi connectivity index (χ1) is 6.58. The van der Waals surface area contributed by atoms with E-state index in [4.69, 9.17) is 16.7 Å². The second-order valence-electron chi connectivity index (χ2n) is 2.83. The van der Waals surface area contributed by atoms with Crippen LogP contribution < -0.4 is 0 Å². The molecule has 6 heteroatoms. The molecule has 0 aliphatic carbocycles. The Kier molecular flexibility index (Phi) is 1.89. The van der Waals surface area contributed by atoms with Gasteiger partial charge in [-0.25, -0.2) is 14.3 Å². The lowest BCUT2D eigenvalue weighted by atomic mass is 10.4. The van der Waals surface area contributed by atoms with Crippen molar-refractivity contribution in [2.45, 2.75) is 6.92 Å². The molecule has 2 rings (SSSR count). The zero-order chi connectivity index (χ0) is 10.3. The van der Waals surface area contributed by atoms with E-state index in [1.807, 2.05) is 0 Å². The number of aromatic carboxylic acids is 1. The molecule has 0 fully saturated rings. The number of halogens is 1. The minimum atomic E-state index is -1.15. The second-order valence-corrected chi connectivity index (χ2v) is 3.24. The van der Waals surface area contributed by atoms with Crippen LogP contribution >= 0.6 is 11.6 Å². The van der Waals surface area contributed by atoms with E-state index in [0.717, 1.165) is 5.69 Å². The second kappa shape index (κ2) is 2.95. The van der Waals surface area contributed by atoms with E-state index < -0.39 is 5.97 Å². The normalized spacial score (nSPS) is 10.7. The fourth-order valence-electron chi connectivity index (χ4n) is 1.16. The van der Waals surface area contributed by atoms with Gasteiger partial charge in [0.1, 0.15) is 0 Å². The third kappa shape index (κ3) is 1.31. The predicted molar refractivity (Wildman–Crippen MR) is 49.7 cm³/mol. The monoisotopic (exact) mass is 211 g/mol. The predicted octanol–water partition coefficient (Wildman–Crippen LogP) is 1.39. The lowest BCUT2D eigenvalue weighted by molar-refractivity contribution is 0.0689. The van der Waals surface area contributed by atoms with E-state index in [-0.39, 0.29) is 10.7 Å². The molecule has 2 aromatic rings.